The standard InChI is InChI=1S/C20H19FN4O/c21-13-6-4-12(5-7-13)16-10-23-11-18(16)25-17-8-9-24-19-14(17)2-1-3-15(19)20(22)26/h1-9,16,18,23H,10-11H2,(H2,22,26)(H,24,25). The lowest BCUT2D eigenvalue weighted by Gasteiger charge is -2.22. The molecule has 0 spiro atoms. The van der Waals surface area contributed by atoms with Gasteiger partial charge in [-0.05, 0) is 29.8 Å². The Labute approximate surface area is 150 Å². The number of nitrogens with zero attached hydrogens (tertiary/aromatic N) is 1. The quantitative estimate of drug-likeness (QED) is 0.676. The van der Waals surface area contributed by atoms with Gasteiger partial charge in [0.1, 0.15) is 5.82 Å². The Hall–Kier alpha value is -2.99. The molecule has 2 unspecified atom stereocenters. The van der Waals surface area contributed by atoms with Crippen LogP contribution in [-0.4, -0.2) is 30.0 Å². The molecule has 2 heterocycles. The van der Waals surface area contributed by atoms with Crippen LogP contribution >= 0.6 is 0 Å². The number of aromatic nitrogens is 1. The third-order valence-electron chi connectivity index (χ3n) is 4.89. The second-order valence-electron chi connectivity index (χ2n) is 6.49. The number of rotatable bonds is 4. The molecule has 2 aromatic carbocycles. The van der Waals surface area contributed by atoms with Gasteiger partial charge in [0.05, 0.1) is 11.1 Å². The number of para-hydroxylation sites is 1. The van der Waals surface area contributed by atoms with Gasteiger partial charge in [0.2, 0.25) is 0 Å². The van der Waals surface area contributed by atoms with E-state index < -0.39 is 5.91 Å². The van der Waals surface area contributed by atoms with Gasteiger partial charge in [0, 0.05) is 42.3 Å². The highest BCUT2D eigenvalue weighted by atomic mass is 19.1. The van der Waals surface area contributed by atoms with E-state index in [0.717, 1.165) is 29.7 Å². The summed E-state index contributed by atoms with van der Waals surface area (Å²) in [6, 6.07) is 14.1. The molecular formula is C20H19FN4O. The SMILES string of the molecule is NC(=O)c1cccc2c(NC3CNCC3c3ccc(F)cc3)ccnc12. The number of nitrogens with one attached hydrogen (secondary N) is 2. The number of fused-ring (bicyclic) bond motifs is 1. The topological polar surface area (TPSA) is 80.0 Å². The van der Waals surface area contributed by atoms with Crippen molar-refractivity contribution in [3.05, 3.63) is 71.7 Å². The number of benzene rings is 2. The van der Waals surface area contributed by atoms with Crippen molar-refractivity contribution >= 4 is 22.5 Å². The lowest BCUT2D eigenvalue weighted by molar-refractivity contribution is 0.100. The number of pyridine rings is 1. The zero-order chi connectivity index (χ0) is 18.1. The van der Waals surface area contributed by atoms with Crippen LogP contribution in [0.3, 0.4) is 0 Å². The first-order valence-corrected chi connectivity index (χ1v) is 8.54. The van der Waals surface area contributed by atoms with Gasteiger partial charge in [0.15, 0.2) is 0 Å². The highest BCUT2D eigenvalue weighted by Gasteiger charge is 2.28. The zero-order valence-electron chi connectivity index (χ0n) is 14.1. The van der Waals surface area contributed by atoms with Crippen LogP contribution in [0.4, 0.5) is 10.1 Å². The molecule has 1 aliphatic heterocycles. The number of hydrogen-bond donors (Lipinski definition) is 3. The monoisotopic (exact) mass is 350 g/mol. The van der Waals surface area contributed by atoms with Crippen LogP contribution in [0.5, 0.6) is 0 Å². The molecule has 5 nitrogen and oxygen atoms in total. The summed E-state index contributed by atoms with van der Waals surface area (Å²) in [5.41, 5.74) is 8.45. The first-order chi connectivity index (χ1) is 12.6. The maximum absolute atomic E-state index is 13.2. The van der Waals surface area contributed by atoms with Crippen molar-refractivity contribution in [3.8, 4) is 0 Å². The van der Waals surface area contributed by atoms with Crippen molar-refractivity contribution in [1.29, 1.82) is 0 Å². The molecule has 3 aromatic rings. The molecule has 26 heavy (non-hydrogen) atoms. The summed E-state index contributed by atoms with van der Waals surface area (Å²) in [6.45, 7) is 1.61. The molecule has 2 atom stereocenters. The molecule has 132 valence electrons. The minimum Gasteiger partial charge on any atom is -0.380 e. The normalized spacial score (nSPS) is 19.6. The molecule has 0 radical (unpaired) electrons. The Morgan fingerprint density at radius 1 is 1.15 bits per heavy atom. The Kier molecular flexibility index (Phi) is 4.26. The molecule has 1 aliphatic rings. The highest BCUT2D eigenvalue weighted by Crippen LogP contribution is 2.29. The fourth-order valence-corrected chi connectivity index (χ4v) is 3.59. The lowest BCUT2D eigenvalue weighted by Crippen LogP contribution is -2.27. The van der Waals surface area contributed by atoms with Crippen LogP contribution in [0.15, 0.2) is 54.7 Å². The molecule has 0 aliphatic carbocycles. The van der Waals surface area contributed by atoms with Crippen molar-refractivity contribution in [1.82, 2.24) is 10.3 Å². The Balaban J connectivity index is 1.67. The summed E-state index contributed by atoms with van der Waals surface area (Å²) in [5, 5.41) is 7.81. The van der Waals surface area contributed by atoms with Crippen LogP contribution < -0.4 is 16.4 Å². The van der Waals surface area contributed by atoms with Crippen molar-refractivity contribution < 1.29 is 9.18 Å². The molecule has 6 heteroatoms. The van der Waals surface area contributed by atoms with E-state index in [4.69, 9.17) is 5.73 Å². The Morgan fingerprint density at radius 2 is 1.96 bits per heavy atom. The number of carbonyl (C=O) groups excluding carboxylic acids is 1. The number of carbonyl (C=O) groups is 1. The highest BCUT2D eigenvalue weighted by molar-refractivity contribution is 6.07. The van der Waals surface area contributed by atoms with Crippen LogP contribution in [0, 0.1) is 5.82 Å². The number of hydrogen-bond acceptors (Lipinski definition) is 4. The summed E-state index contributed by atoms with van der Waals surface area (Å²) < 4.78 is 13.2. The number of halogens is 1. The van der Waals surface area contributed by atoms with E-state index in [0.29, 0.717) is 11.1 Å². The molecule has 1 saturated heterocycles. The fraction of sp³-hybridized carbons (Fsp3) is 0.200. The summed E-state index contributed by atoms with van der Waals surface area (Å²) in [5.74, 6) is -0.506. The van der Waals surface area contributed by atoms with Gasteiger partial charge >= 0.3 is 0 Å². The fourth-order valence-electron chi connectivity index (χ4n) is 3.59. The largest absolute Gasteiger partial charge is 0.380 e. The molecule has 4 N–H and O–H groups in total. The summed E-state index contributed by atoms with van der Waals surface area (Å²) in [7, 11) is 0. The van der Waals surface area contributed by atoms with Crippen LogP contribution in [-0.2, 0) is 0 Å². The minimum atomic E-state index is -0.494. The molecule has 1 amide bonds. The van der Waals surface area contributed by atoms with Crippen LogP contribution in [0.2, 0.25) is 0 Å². The van der Waals surface area contributed by atoms with Crippen molar-refractivity contribution in [2.75, 3.05) is 18.4 Å². The molecule has 1 aromatic heterocycles. The molecular weight excluding hydrogens is 331 g/mol. The number of amides is 1. The second-order valence-corrected chi connectivity index (χ2v) is 6.49. The second kappa shape index (κ2) is 6.72. The smallest absolute Gasteiger partial charge is 0.250 e. The van der Waals surface area contributed by atoms with E-state index in [1.165, 1.54) is 12.1 Å². The maximum Gasteiger partial charge on any atom is 0.250 e. The first-order valence-electron chi connectivity index (χ1n) is 8.54. The van der Waals surface area contributed by atoms with Gasteiger partial charge in [-0.15, -0.1) is 0 Å². The van der Waals surface area contributed by atoms with E-state index >= 15 is 0 Å². The molecule has 1 fully saturated rings. The van der Waals surface area contributed by atoms with Crippen molar-refractivity contribution in [2.24, 2.45) is 5.73 Å². The van der Waals surface area contributed by atoms with E-state index in [1.807, 2.05) is 24.3 Å². The van der Waals surface area contributed by atoms with E-state index in [1.54, 1.807) is 18.3 Å². The van der Waals surface area contributed by atoms with Gasteiger partial charge in [-0.25, -0.2) is 4.39 Å². The zero-order valence-corrected chi connectivity index (χ0v) is 14.1. The van der Waals surface area contributed by atoms with Gasteiger partial charge in [0.25, 0.3) is 5.91 Å². The number of primary amides is 1. The third kappa shape index (κ3) is 2.99. The average Bonchev–Trinajstić information content (AvgIpc) is 3.10. The maximum atomic E-state index is 13.2. The van der Waals surface area contributed by atoms with Gasteiger partial charge in [-0.3, -0.25) is 9.78 Å². The third-order valence-corrected chi connectivity index (χ3v) is 4.89. The minimum absolute atomic E-state index is 0.142. The summed E-state index contributed by atoms with van der Waals surface area (Å²) in [4.78, 5) is 16.0. The van der Waals surface area contributed by atoms with Gasteiger partial charge in [-0.2, -0.15) is 0 Å². The molecule has 4 rings (SSSR count). The summed E-state index contributed by atoms with van der Waals surface area (Å²) >= 11 is 0. The first kappa shape index (κ1) is 16.5. The van der Waals surface area contributed by atoms with Gasteiger partial charge < -0.3 is 16.4 Å². The average molecular weight is 350 g/mol. The number of anilines is 1. The predicted octanol–water partition coefficient (Wildman–Crippen LogP) is 2.64. The van der Waals surface area contributed by atoms with E-state index in [-0.39, 0.29) is 17.8 Å². The van der Waals surface area contributed by atoms with E-state index in [2.05, 4.69) is 15.6 Å². The molecule has 0 saturated carbocycles. The number of nitrogens with two attached hydrogens (primary N) is 1. The van der Waals surface area contributed by atoms with Crippen molar-refractivity contribution in [3.63, 3.8) is 0 Å². The van der Waals surface area contributed by atoms with Crippen LogP contribution in [0.25, 0.3) is 10.9 Å². The van der Waals surface area contributed by atoms with Crippen LogP contribution in [0.1, 0.15) is 21.8 Å². The lowest BCUT2D eigenvalue weighted by atomic mass is 9.94. The summed E-state index contributed by atoms with van der Waals surface area (Å²) in [6.07, 6.45) is 1.67. The molecule has 0 bridgehead atoms. The Morgan fingerprint density at radius 3 is 2.73 bits per heavy atom. The predicted molar refractivity (Wildman–Crippen MR) is 99.7 cm³/mol. The Bertz CT molecular complexity index is 958. The van der Waals surface area contributed by atoms with Crippen molar-refractivity contribution in [2.45, 2.75) is 12.0 Å². The van der Waals surface area contributed by atoms with Gasteiger partial charge in [-0.1, -0.05) is 24.3 Å². The van der Waals surface area contributed by atoms with E-state index in [9.17, 15) is 9.18 Å².